The molecule has 0 unspecified atom stereocenters. The molecule has 2 rings (SSSR count). The van der Waals surface area contributed by atoms with Crippen LogP contribution in [0.4, 0.5) is 5.13 Å². The number of aromatic nitrogens is 4. The Balaban J connectivity index is 2.05. The normalized spacial score (nSPS) is 10.5. The molecular weight excluding hydrogens is 270 g/mol. The summed E-state index contributed by atoms with van der Waals surface area (Å²) in [6.07, 6.45) is 3.77. The van der Waals surface area contributed by atoms with E-state index >= 15 is 0 Å². The van der Waals surface area contributed by atoms with Crippen molar-refractivity contribution in [2.75, 3.05) is 5.32 Å². The highest BCUT2D eigenvalue weighted by atomic mass is 32.1. The standard InChI is InChI=1S/C10H7N5O3S/c16-8(17)4-2-6-1-3-7(11-5-6)9(18)12-10-13-14-15-19-10/h1-5H,(H,16,17)(H,12,13,15,18)/b4-2+. The number of carbonyl (C=O) groups is 2. The van der Waals surface area contributed by atoms with Gasteiger partial charge in [0.25, 0.3) is 5.91 Å². The summed E-state index contributed by atoms with van der Waals surface area (Å²) in [4.78, 5) is 26.0. The molecule has 0 fully saturated rings. The van der Waals surface area contributed by atoms with Crippen molar-refractivity contribution in [2.45, 2.75) is 0 Å². The Labute approximate surface area is 111 Å². The molecule has 0 atom stereocenters. The highest BCUT2D eigenvalue weighted by molar-refractivity contribution is 7.09. The third kappa shape index (κ3) is 3.64. The van der Waals surface area contributed by atoms with E-state index in [9.17, 15) is 9.59 Å². The van der Waals surface area contributed by atoms with Crippen LogP contribution in [0.3, 0.4) is 0 Å². The van der Waals surface area contributed by atoms with Crippen LogP contribution in [0.5, 0.6) is 0 Å². The highest BCUT2D eigenvalue weighted by Gasteiger charge is 2.09. The Morgan fingerprint density at radius 2 is 2.21 bits per heavy atom. The number of amides is 1. The quantitative estimate of drug-likeness (QED) is 0.789. The average Bonchev–Trinajstić information content (AvgIpc) is 2.89. The van der Waals surface area contributed by atoms with Crippen molar-refractivity contribution in [3.63, 3.8) is 0 Å². The molecule has 8 nitrogen and oxygen atoms in total. The summed E-state index contributed by atoms with van der Waals surface area (Å²) in [5.74, 6) is -1.49. The zero-order valence-electron chi connectivity index (χ0n) is 9.35. The maximum Gasteiger partial charge on any atom is 0.328 e. The molecule has 0 bridgehead atoms. The third-order valence-electron chi connectivity index (χ3n) is 1.96. The van der Waals surface area contributed by atoms with Crippen LogP contribution in [-0.4, -0.2) is 36.8 Å². The number of hydrogen-bond donors (Lipinski definition) is 2. The second-order valence-corrected chi connectivity index (χ2v) is 4.00. The highest BCUT2D eigenvalue weighted by Crippen LogP contribution is 2.08. The number of pyridine rings is 1. The van der Waals surface area contributed by atoms with Gasteiger partial charge in [-0.05, 0) is 22.9 Å². The summed E-state index contributed by atoms with van der Waals surface area (Å²) in [6.45, 7) is 0. The van der Waals surface area contributed by atoms with Gasteiger partial charge in [-0.3, -0.25) is 15.1 Å². The molecule has 0 aromatic carbocycles. The summed E-state index contributed by atoms with van der Waals surface area (Å²) in [5, 5.41) is 18.1. The van der Waals surface area contributed by atoms with E-state index in [2.05, 4.69) is 25.1 Å². The minimum atomic E-state index is -1.05. The van der Waals surface area contributed by atoms with E-state index in [1.807, 2.05) is 0 Å². The lowest BCUT2D eigenvalue weighted by Gasteiger charge is -2.00. The minimum absolute atomic E-state index is 0.183. The van der Waals surface area contributed by atoms with Crippen LogP contribution in [-0.2, 0) is 4.79 Å². The molecule has 0 aliphatic rings. The van der Waals surface area contributed by atoms with Gasteiger partial charge in [-0.2, -0.15) is 0 Å². The van der Waals surface area contributed by atoms with Crippen molar-refractivity contribution in [1.29, 1.82) is 0 Å². The predicted molar refractivity (Wildman–Crippen MR) is 66.6 cm³/mol. The SMILES string of the molecule is O=C(O)/C=C/c1ccc(C(=O)Nc2nnns2)nc1. The molecule has 0 aliphatic heterocycles. The molecule has 2 aromatic rings. The molecule has 2 aromatic heterocycles. The number of anilines is 1. The molecule has 96 valence electrons. The molecule has 2 N–H and O–H groups in total. The van der Waals surface area contributed by atoms with E-state index < -0.39 is 11.9 Å². The maximum absolute atomic E-state index is 11.7. The molecule has 0 aliphatic carbocycles. The third-order valence-corrected chi connectivity index (χ3v) is 2.47. The first-order valence-corrected chi connectivity index (χ1v) is 5.76. The van der Waals surface area contributed by atoms with Gasteiger partial charge >= 0.3 is 5.97 Å². The van der Waals surface area contributed by atoms with Gasteiger partial charge in [-0.25, -0.2) is 4.79 Å². The van der Waals surface area contributed by atoms with Gasteiger partial charge in [0, 0.05) is 23.8 Å². The van der Waals surface area contributed by atoms with Gasteiger partial charge in [0.15, 0.2) is 0 Å². The van der Waals surface area contributed by atoms with Crippen LogP contribution >= 0.6 is 11.5 Å². The number of nitrogens with one attached hydrogen (secondary N) is 1. The fraction of sp³-hybridized carbons (Fsp3) is 0. The number of carboxylic acids is 1. The van der Waals surface area contributed by atoms with Crippen LogP contribution in [0.1, 0.15) is 16.1 Å². The van der Waals surface area contributed by atoms with Crippen LogP contribution in [0.25, 0.3) is 6.08 Å². The topological polar surface area (TPSA) is 118 Å². The number of aliphatic carboxylic acids is 1. The van der Waals surface area contributed by atoms with E-state index in [1.165, 1.54) is 18.3 Å². The Kier molecular flexibility index (Phi) is 3.88. The second-order valence-electron chi connectivity index (χ2n) is 3.27. The first-order chi connectivity index (χ1) is 9.15. The van der Waals surface area contributed by atoms with Crippen molar-refractivity contribution in [2.24, 2.45) is 0 Å². The molecule has 0 radical (unpaired) electrons. The number of hydrogen-bond acceptors (Lipinski definition) is 7. The molecule has 1 amide bonds. The fourth-order valence-electron chi connectivity index (χ4n) is 1.15. The number of carbonyl (C=O) groups excluding carboxylic acids is 1. The summed E-state index contributed by atoms with van der Waals surface area (Å²) in [6, 6.07) is 3.06. The molecule has 9 heteroatoms. The van der Waals surface area contributed by atoms with E-state index in [1.54, 1.807) is 6.07 Å². The van der Waals surface area contributed by atoms with Gasteiger partial charge in [0.1, 0.15) is 5.69 Å². The van der Waals surface area contributed by atoms with E-state index in [-0.39, 0.29) is 10.8 Å². The lowest BCUT2D eigenvalue weighted by atomic mass is 10.2. The lowest BCUT2D eigenvalue weighted by molar-refractivity contribution is -0.131. The summed E-state index contributed by atoms with van der Waals surface area (Å²) < 4.78 is 3.50. The molecule has 19 heavy (non-hydrogen) atoms. The number of rotatable bonds is 4. The largest absolute Gasteiger partial charge is 0.478 e. The lowest BCUT2D eigenvalue weighted by Crippen LogP contribution is -2.13. The van der Waals surface area contributed by atoms with Gasteiger partial charge in [0.2, 0.25) is 5.13 Å². The summed E-state index contributed by atoms with van der Waals surface area (Å²) in [5.41, 5.74) is 0.763. The number of nitrogens with zero attached hydrogens (tertiary/aromatic N) is 4. The van der Waals surface area contributed by atoms with Crippen molar-refractivity contribution < 1.29 is 14.7 Å². The second kappa shape index (κ2) is 5.78. The van der Waals surface area contributed by atoms with Gasteiger partial charge in [-0.1, -0.05) is 15.7 Å². The van der Waals surface area contributed by atoms with Gasteiger partial charge in [0.05, 0.1) is 0 Å². The van der Waals surface area contributed by atoms with Crippen LogP contribution in [0, 0.1) is 0 Å². The Morgan fingerprint density at radius 1 is 1.37 bits per heavy atom. The fourth-order valence-corrected chi connectivity index (χ4v) is 1.51. The Bertz CT molecular complexity index is 609. The maximum atomic E-state index is 11.7. The van der Waals surface area contributed by atoms with Crippen LogP contribution in [0.2, 0.25) is 0 Å². The van der Waals surface area contributed by atoms with Crippen LogP contribution in [0.15, 0.2) is 24.4 Å². The minimum Gasteiger partial charge on any atom is -0.478 e. The Hall–Kier alpha value is -2.68. The number of carboxylic acid groups (broad SMARTS) is 1. The summed E-state index contributed by atoms with van der Waals surface area (Å²) in [7, 11) is 0. The first kappa shape index (κ1) is 12.8. The van der Waals surface area contributed by atoms with Crippen molar-refractivity contribution in [3.05, 3.63) is 35.7 Å². The zero-order valence-corrected chi connectivity index (χ0v) is 10.2. The smallest absolute Gasteiger partial charge is 0.328 e. The predicted octanol–water partition coefficient (Wildman–Crippen LogP) is 0.678. The zero-order chi connectivity index (χ0) is 13.7. The summed E-state index contributed by atoms with van der Waals surface area (Å²) >= 11 is 0.952. The van der Waals surface area contributed by atoms with Gasteiger partial charge < -0.3 is 5.11 Å². The molecule has 0 saturated carbocycles. The molecular formula is C10H7N5O3S. The monoisotopic (exact) mass is 277 g/mol. The van der Waals surface area contributed by atoms with Crippen molar-refractivity contribution in [1.82, 2.24) is 19.8 Å². The van der Waals surface area contributed by atoms with Crippen LogP contribution < -0.4 is 5.32 Å². The van der Waals surface area contributed by atoms with Crippen molar-refractivity contribution in [3.8, 4) is 0 Å². The van der Waals surface area contributed by atoms with Crippen molar-refractivity contribution >= 4 is 34.6 Å². The first-order valence-electron chi connectivity index (χ1n) is 4.98. The molecule has 0 saturated heterocycles. The average molecular weight is 277 g/mol. The van der Waals surface area contributed by atoms with E-state index in [0.29, 0.717) is 5.56 Å². The molecule has 2 heterocycles. The van der Waals surface area contributed by atoms with E-state index in [0.717, 1.165) is 17.6 Å². The van der Waals surface area contributed by atoms with E-state index in [4.69, 9.17) is 5.11 Å². The Morgan fingerprint density at radius 3 is 2.79 bits per heavy atom. The van der Waals surface area contributed by atoms with Gasteiger partial charge in [-0.15, -0.1) is 0 Å². The molecule has 0 spiro atoms.